The van der Waals surface area contributed by atoms with E-state index in [1.807, 2.05) is 48.5 Å². The summed E-state index contributed by atoms with van der Waals surface area (Å²) in [7, 11) is 0. The standard InChI is InChI=1S/C22H27N3O2/c1-17(20-10-6-3-7-11-20)25(15-19-12-13-19)16-21(26)24-22(27)23-14-18-8-4-2-5-9-18/h2-11,17,19H,12-16H2,1H3,(H2,23,24,26,27). The maximum atomic E-state index is 12.4. The predicted octanol–water partition coefficient (Wildman–Crippen LogP) is 3.49. The molecule has 0 aromatic heterocycles. The van der Waals surface area contributed by atoms with Crippen LogP contribution in [0.25, 0.3) is 0 Å². The van der Waals surface area contributed by atoms with Crippen LogP contribution in [0.5, 0.6) is 0 Å². The highest BCUT2D eigenvalue weighted by Crippen LogP contribution is 2.32. The third kappa shape index (κ3) is 6.22. The van der Waals surface area contributed by atoms with Crippen molar-refractivity contribution in [2.45, 2.75) is 32.4 Å². The van der Waals surface area contributed by atoms with Crippen molar-refractivity contribution in [3.63, 3.8) is 0 Å². The van der Waals surface area contributed by atoms with E-state index < -0.39 is 6.03 Å². The van der Waals surface area contributed by atoms with Gasteiger partial charge in [-0.1, -0.05) is 60.7 Å². The van der Waals surface area contributed by atoms with E-state index >= 15 is 0 Å². The summed E-state index contributed by atoms with van der Waals surface area (Å²) in [6.45, 7) is 3.60. The lowest BCUT2D eigenvalue weighted by Gasteiger charge is -2.28. The molecule has 5 heteroatoms. The number of hydrogen-bond acceptors (Lipinski definition) is 3. The summed E-state index contributed by atoms with van der Waals surface area (Å²) >= 11 is 0. The van der Waals surface area contributed by atoms with Gasteiger partial charge in [-0.25, -0.2) is 4.79 Å². The van der Waals surface area contributed by atoms with Crippen molar-refractivity contribution in [3.8, 4) is 0 Å². The van der Waals surface area contributed by atoms with Crippen LogP contribution in [0, 0.1) is 5.92 Å². The molecule has 1 atom stereocenters. The summed E-state index contributed by atoms with van der Waals surface area (Å²) in [6.07, 6.45) is 2.44. The first-order valence-electron chi connectivity index (χ1n) is 9.52. The van der Waals surface area contributed by atoms with Crippen LogP contribution in [0.4, 0.5) is 4.79 Å². The van der Waals surface area contributed by atoms with E-state index in [2.05, 4.69) is 34.6 Å². The Kier molecular flexibility index (Phi) is 6.60. The Morgan fingerprint density at radius 1 is 1.04 bits per heavy atom. The number of amides is 3. The van der Waals surface area contributed by atoms with Crippen molar-refractivity contribution in [2.24, 2.45) is 5.92 Å². The summed E-state index contributed by atoms with van der Waals surface area (Å²) in [5, 5.41) is 5.18. The van der Waals surface area contributed by atoms with Gasteiger partial charge in [0.25, 0.3) is 0 Å². The zero-order valence-corrected chi connectivity index (χ0v) is 15.7. The minimum Gasteiger partial charge on any atom is -0.334 e. The van der Waals surface area contributed by atoms with Crippen LogP contribution in [0.2, 0.25) is 0 Å². The Bertz CT molecular complexity index is 745. The number of carbonyl (C=O) groups is 2. The van der Waals surface area contributed by atoms with Crippen LogP contribution in [0.3, 0.4) is 0 Å². The third-order valence-electron chi connectivity index (χ3n) is 4.91. The van der Waals surface area contributed by atoms with E-state index in [1.165, 1.54) is 18.4 Å². The van der Waals surface area contributed by atoms with Gasteiger partial charge in [0.1, 0.15) is 0 Å². The number of urea groups is 1. The van der Waals surface area contributed by atoms with Crippen LogP contribution in [-0.2, 0) is 11.3 Å². The summed E-state index contributed by atoms with van der Waals surface area (Å²) in [6, 6.07) is 19.5. The van der Waals surface area contributed by atoms with Crippen LogP contribution < -0.4 is 10.6 Å². The highest BCUT2D eigenvalue weighted by atomic mass is 16.2. The van der Waals surface area contributed by atoms with Gasteiger partial charge in [0.15, 0.2) is 0 Å². The summed E-state index contributed by atoms with van der Waals surface area (Å²) in [5.74, 6) is 0.389. The second kappa shape index (κ2) is 9.33. The SMILES string of the molecule is CC(c1ccccc1)N(CC(=O)NC(=O)NCc1ccccc1)CC1CC1. The van der Waals surface area contributed by atoms with Crippen molar-refractivity contribution < 1.29 is 9.59 Å². The molecule has 2 aromatic carbocycles. The lowest BCUT2D eigenvalue weighted by Crippen LogP contribution is -2.45. The average Bonchev–Trinajstić information content (AvgIpc) is 3.51. The van der Waals surface area contributed by atoms with E-state index in [0.717, 1.165) is 12.1 Å². The van der Waals surface area contributed by atoms with E-state index in [4.69, 9.17) is 0 Å². The Hall–Kier alpha value is -2.66. The maximum absolute atomic E-state index is 12.4. The van der Waals surface area contributed by atoms with Crippen molar-refractivity contribution in [2.75, 3.05) is 13.1 Å². The van der Waals surface area contributed by atoms with Gasteiger partial charge >= 0.3 is 6.03 Å². The minimum atomic E-state index is -0.456. The van der Waals surface area contributed by atoms with Gasteiger partial charge in [-0.2, -0.15) is 0 Å². The number of benzene rings is 2. The molecule has 1 saturated carbocycles. The Morgan fingerprint density at radius 3 is 2.30 bits per heavy atom. The zero-order chi connectivity index (χ0) is 19.1. The molecule has 1 aliphatic rings. The molecule has 3 amide bonds. The fourth-order valence-corrected chi connectivity index (χ4v) is 3.11. The molecule has 0 aliphatic heterocycles. The number of imide groups is 1. The molecule has 2 aromatic rings. The van der Waals surface area contributed by atoms with Crippen molar-refractivity contribution in [1.82, 2.24) is 15.5 Å². The number of rotatable bonds is 8. The molecule has 142 valence electrons. The molecule has 1 fully saturated rings. The van der Waals surface area contributed by atoms with E-state index in [9.17, 15) is 9.59 Å². The molecule has 5 nitrogen and oxygen atoms in total. The predicted molar refractivity (Wildman–Crippen MR) is 106 cm³/mol. The van der Waals surface area contributed by atoms with Crippen LogP contribution in [0.1, 0.15) is 36.9 Å². The monoisotopic (exact) mass is 365 g/mol. The number of carbonyl (C=O) groups excluding carboxylic acids is 2. The largest absolute Gasteiger partial charge is 0.334 e. The first-order chi connectivity index (χ1) is 13.1. The van der Waals surface area contributed by atoms with Gasteiger partial charge in [0.2, 0.25) is 5.91 Å². The van der Waals surface area contributed by atoms with Crippen LogP contribution in [-0.4, -0.2) is 29.9 Å². The van der Waals surface area contributed by atoms with Gasteiger partial charge in [0.05, 0.1) is 6.54 Å². The highest BCUT2D eigenvalue weighted by molar-refractivity contribution is 5.95. The van der Waals surface area contributed by atoms with Crippen molar-refractivity contribution in [1.29, 1.82) is 0 Å². The number of nitrogens with zero attached hydrogens (tertiary/aromatic N) is 1. The molecular weight excluding hydrogens is 338 g/mol. The molecule has 1 aliphatic carbocycles. The lowest BCUT2D eigenvalue weighted by atomic mass is 10.1. The molecule has 0 bridgehead atoms. The normalized spacial score (nSPS) is 14.6. The molecule has 27 heavy (non-hydrogen) atoms. The third-order valence-corrected chi connectivity index (χ3v) is 4.91. The molecule has 2 N–H and O–H groups in total. The van der Waals surface area contributed by atoms with E-state index in [1.54, 1.807) is 0 Å². The van der Waals surface area contributed by atoms with Crippen LogP contribution >= 0.6 is 0 Å². The minimum absolute atomic E-state index is 0.130. The lowest BCUT2D eigenvalue weighted by molar-refractivity contribution is -0.121. The molecule has 0 spiro atoms. The van der Waals surface area contributed by atoms with Gasteiger partial charge in [0, 0.05) is 19.1 Å². The first-order valence-corrected chi connectivity index (χ1v) is 9.52. The topological polar surface area (TPSA) is 61.4 Å². The molecular formula is C22H27N3O2. The van der Waals surface area contributed by atoms with Gasteiger partial charge in [-0.05, 0) is 36.8 Å². The fourth-order valence-electron chi connectivity index (χ4n) is 3.11. The van der Waals surface area contributed by atoms with E-state index in [-0.39, 0.29) is 18.5 Å². The Balaban J connectivity index is 1.51. The number of hydrogen-bond donors (Lipinski definition) is 2. The summed E-state index contributed by atoms with van der Waals surface area (Å²) < 4.78 is 0. The van der Waals surface area contributed by atoms with E-state index in [0.29, 0.717) is 12.5 Å². The second-order valence-corrected chi connectivity index (χ2v) is 7.18. The molecule has 1 unspecified atom stereocenters. The van der Waals surface area contributed by atoms with Gasteiger partial charge < -0.3 is 5.32 Å². The first kappa shape index (κ1) is 19.1. The van der Waals surface area contributed by atoms with Gasteiger partial charge in [-0.15, -0.1) is 0 Å². The van der Waals surface area contributed by atoms with Crippen LogP contribution in [0.15, 0.2) is 60.7 Å². The Labute approximate surface area is 160 Å². The Morgan fingerprint density at radius 2 is 1.67 bits per heavy atom. The summed E-state index contributed by atoms with van der Waals surface area (Å²) in [4.78, 5) is 26.6. The maximum Gasteiger partial charge on any atom is 0.321 e. The zero-order valence-electron chi connectivity index (χ0n) is 15.7. The second-order valence-electron chi connectivity index (χ2n) is 7.18. The van der Waals surface area contributed by atoms with Crippen molar-refractivity contribution >= 4 is 11.9 Å². The molecule has 0 saturated heterocycles. The quantitative estimate of drug-likeness (QED) is 0.753. The molecule has 0 radical (unpaired) electrons. The summed E-state index contributed by atoms with van der Waals surface area (Å²) in [5.41, 5.74) is 2.17. The number of nitrogens with one attached hydrogen (secondary N) is 2. The fraction of sp³-hybridized carbons (Fsp3) is 0.364. The van der Waals surface area contributed by atoms with Gasteiger partial charge in [-0.3, -0.25) is 15.0 Å². The van der Waals surface area contributed by atoms with Crippen molar-refractivity contribution in [3.05, 3.63) is 71.8 Å². The highest BCUT2D eigenvalue weighted by Gasteiger charge is 2.28. The molecule has 3 rings (SSSR count). The smallest absolute Gasteiger partial charge is 0.321 e. The average molecular weight is 365 g/mol. The molecule has 0 heterocycles.